The number of anilines is 1. The van der Waals surface area contributed by atoms with Crippen LogP contribution in [-0.2, 0) is 0 Å². The van der Waals surface area contributed by atoms with Gasteiger partial charge in [0.2, 0.25) is 5.91 Å². The summed E-state index contributed by atoms with van der Waals surface area (Å²) in [5.41, 5.74) is 5.95. The van der Waals surface area contributed by atoms with Crippen LogP contribution < -0.4 is 21.1 Å². The van der Waals surface area contributed by atoms with Gasteiger partial charge in [-0.05, 0) is 43.7 Å². The number of rotatable bonds is 7. The van der Waals surface area contributed by atoms with Crippen molar-refractivity contribution in [2.45, 2.75) is 6.04 Å². The Morgan fingerprint density at radius 1 is 1.32 bits per heavy atom. The number of hydrogen-bond donors (Lipinski definition) is 3. The molecule has 0 spiro atoms. The quantitative estimate of drug-likeness (QED) is 0.704. The second-order valence-corrected chi connectivity index (χ2v) is 6.59. The first-order valence-corrected chi connectivity index (χ1v) is 8.53. The van der Waals surface area contributed by atoms with E-state index in [1.165, 1.54) is 18.1 Å². The Bertz CT molecular complexity index is 731. The molecule has 3 amide bonds. The summed E-state index contributed by atoms with van der Waals surface area (Å²) < 4.78 is 5.20. The Kier molecular flexibility index (Phi) is 6.37. The predicted molar refractivity (Wildman–Crippen MR) is 99.3 cm³/mol. The lowest BCUT2D eigenvalue weighted by molar-refractivity contribution is 0.1000. The highest BCUT2D eigenvalue weighted by Gasteiger charge is 2.17. The maximum Gasteiger partial charge on any atom is 0.319 e. The van der Waals surface area contributed by atoms with Crippen LogP contribution in [0.4, 0.5) is 10.5 Å². The molecule has 0 aliphatic rings. The third-order valence-corrected chi connectivity index (χ3v) is 4.66. The number of ether oxygens (including phenoxy) is 1. The van der Waals surface area contributed by atoms with Gasteiger partial charge in [-0.15, -0.1) is 11.3 Å². The molecule has 0 fully saturated rings. The van der Waals surface area contributed by atoms with Crippen LogP contribution in [0.1, 0.15) is 21.3 Å². The molecule has 0 saturated carbocycles. The van der Waals surface area contributed by atoms with E-state index in [4.69, 9.17) is 10.5 Å². The fourth-order valence-corrected chi connectivity index (χ4v) is 3.26. The number of nitrogens with one attached hydrogen (secondary N) is 2. The topological polar surface area (TPSA) is 96.7 Å². The second-order valence-electron chi connectivity index (χ2n) is 5.61. The van der Waals surface area contributed by atoms with Crippen molar-refractivity contribution in [1.82, 2.24) is 10.2 Å². The first kappa shape index (κ1) is 18.8. The second kappa shape index (κ2) is 8.50. The molecule has 1 aromatic heterocycles. The molecule has 2 rings (SSSR count). The van der Waals surface area contributed by atoms with Crippen LogP contribution in [-0.4, -0.2) is 44.6 Å². The zero-order valence-corrected chi connectivity index (χ0v) is 15.2. The highest BCUT2D eigenvalue weighted by molar-refractivity contribution is 7.10. The summed E-state index contributed by atoms with van der Waals surface area (Å²) >= 11 is 1.64. The number of methoxy groups -OCH3 is 1. The van der Waals surface area contributed by atoms with E-state index in [-0.39, 0.29) is 12.1 Å². The molecular formula is C17H22N4O3S. The summed E-state index contributed by atoms with van der Waals surface area (Å²) in [5.74, 6) is -0.126. The number of amides is 3. The van der Waals surface area contributed by atoms with E-state index in [1.807, 2.05) is 36.5 Å². The maximum absolute atomic E-state index is 12.2. The van der Waals surface area contributed by atoms with Crippen LogP contribution in [0.2, 0.25) is 0 Å². The summed E-state index contributed by atoms with van der Waals surface area (Å²) in [4.78, 5) is 26.8. The molecule has 1 aromatic carbocycles. The molecule has 1 heterocycles. The standard InChI is InChI=1S/C17H22N4O3S/c1-21(2)13(15-5-4-8-25-15)10-19-17(23)20-12-9-11(16(18)22)6-7-14(12)24-3/h4-9,13H,10H2,1-3H3,(H2,18,22)(H2,19,20,23). The van der Waals surface area contributed by atoms with Crippen LogP contribution in [0, 0.1) is 0 Å². The van der Waals surface area contributed by atoms with Gasteiger partial charge in [0, 0.05) is 17.0 Å². The van der Waals surface area contributed by atoms with E-state index >= 15 is 0 Å². The highest BCUT2D eigenvalue weighted by atomic mass is 32.1. The average Bonchev–Trinajstić information content (AvgIpc) is 3.08. The molecule has 1 atom stereocenters. The average molecular weight is 362 g/mol. The molecule has 134 valence electrons. The van der Waals surface area contributed by atoms with E-state index in [1.54, 1.807) is 23.5 Å². The molecule has 2 aromatic rings. The number of urea groups is 1. The van der Waals surface area contributed by atoms with Crippen molar-refractivity contribution in [2.24, 2.45) is 5.73 Å². The van der Waals surface area contributed by atoms with Crippen LogP contribution in [0.25, 0.3) is 0 Å². The lowest BCUT2D eigenvalue weighted by Crippen LogP contribution is -2.36. The number of carbonyl (C=O) groups excluding carboxylic acids is 2. The van der Waals surface area contributed by atoms with Gasteiger partial charge in [-0.3, -0.25) is 4.79 Å². The number of primary amides is 1. The van der Waals surface area contributed by atoms with E-state index in [2.05, 4.69) is 10.6 Å². The van der Waals surface area contributed by atoms with E-state index in [9.17, 15) is 9.59 Å². The first-order valence-electron chi connectivity index (χ1n) is 7.65. The summed E-state index contributed by atoms with van der Waals surface area (Å²) in [6.07, 6.45) is 0. The summed E-state index contributed by atoms with van der Waals surface area (Å²) in [6, 6.07) is 8.33. The fraction of sp³-hybridized carbons (Fsp3) is 0.294. The van der Waals surface area contributed by atoms with Crippen molar-refractivity contribution in [3.8, 4) is 5.75 Å². The predicted octanol–water partition coefficient (Wildman–Crippen LogP) is 2.28. The minimum absolute atomic E-state index is 0.0737. The molecule has 4 N–H and O–H groups in total. The number of benzene rings is 1. The number of carbonyl (C=O) groups is 2. The van der Waals surface area contributed by atoms with Crippen molar-refractivity contribution in [1.29, 1.82) is 0 Å². The molecule has 25 heavy (non-hydrogen) atoms. The third-order valence-electron chi connectivity index (χ3n) is 3.68. The van der Waals surface area contributed by atoms with Crippen molar-refractivity contribution in [3.05, 3.63) is 46.2 Å². The van der Waals surface area contributed by atoms with Crippen LogP contribution in [0.3, 0.4) is 0 Å². The van der Waals surface area contributed by atoms with Crippen molar-refractivity contribution >= 4 is 29.0 Å². The molecule has 0 saturated heterocycles. The number of nitrogens with zero attached hydrogens (tertiary/aromatic N) is 1. The molecule has 0 radical (unpaired) electrons. The normalized spacial score (nSPS) is 11.8. The van der Waals surface area contributed by atoms with Crippen LogP contribution >= 0.6 is 11.3 Å². The summed E-state index contributed by atoms with van der Waals surface area (Å²) in [5, 5.41) is 7.55. The molecule has 8 heteroatoms. The van der Waals surface area contributed by atoms with Gasteiger partial charge in [0.15, 0.2) is 0 Å². The molecular weight excluding hydrogens is 340 g/mol. The van der Waals surface area contributed by atoms with E-state index in [0.717, 1.165) is 0 Å². The van der Waals surface area contributed by atoms with Crippen molar-refractivity contribution in [3.63, 3.8) is 0 Å². The molecule has 1 unspecified atom stereocenters. The van der Waals surface area contributed by atoms with Crippen molar-refractivity contribution < 1.29 is 14.3 Å². The van der Waals surface area contributed by atoms with E-state index < -0.39 is 5.91 Å². The largest absolute Gasteiger partial charge is 0.495 e. The van der Waals surface area contributed by atoms with Gasteiger partial charge in [-0.25, -0.2) is 4.79 Å². The Balaban J connectivity index is 2.04. The minimum Gasteiger partial charge on any atom is -0.495 e. The lowest BCUT2D eigenvalue weighted by atomic mass is 10.2. The monoisotopic (exact) mass is 362 g/mol. The first-order chi connectivity index (χ1) is 11.9. The Morgan fingerprint density at radius 3 is 2.64 bits per heavy atom. The SMILES string of the molecule is COc1ccc(C(N)=O)cc1NC(=O)NCC(c1cccs1)N(C)C. The minimum atomic E-state index is -0.573. The highest BCUT2D eigenvalue weighted by Crippen LogP contribution is 2.26. The Hall–Kier alpha value is -2.58. The Labute approximate surface area is 150 Å². The smallest absolute Gasteiger partial charge is 0.319 e. The molecule has 0 aliphatic carbocycles. The van der Waals surface area contributed by atoms with Gasteiger partial charge < -0.3 is 26.0 Å². The molecule has 0 bridgehead atoms. The number of thiophene rings is 1. The van der Waals surface area contributed by atoms with Gasteiger partial charge in [-0.1, -0.05) is 6.07 Å². The van der Waals surface area contributed by atoms with Gasteiger partial charge in [-0.2, -0.15) is 0 Å². The summed E-state index contributed by atoms with van der Waals surface area (Å²) in [6.45, 7) is 0.442. The number of likely N-dealkylation sites (N-methyl/N-ethyl adjacent to an activating group) is 1. The van der Waals surface area contributed by atoms with Gasteiger partial charge in [0.05, 0.1) is 18.8 Å². The van der Waals surface area contributed by atoms with Crippen molar-refractivity contribution in [2.75, 3.05) is 33.1 Å². The number of nitrogens with two attached hydrogens (primary N) is 1. The Morgan fingerprint density at radius 2 is 2.08 bits per heavy atom. The lowest BCUT2D eigenvalue weighted by Gasteiger charge is -2.23. The van der Waals surface area contributed by atoms with Gasteiger partial charge in [0.25, 0.3) is 0 Å². The summed E-state index contributed by atoms with van der Waals surface area (Å²) in [7, 11) is 5.41. The van der Waals surface area contributed by atoms with Gasteiger partial charge in [0.1, 0.15) is 5.75 Å². The van der Waals surface area contributed by atoms with Gasteiger partial charge >= 0.3 is 6.03 Å². The fourth-order valence-electron chi connectivity index (χ4n) is 2.33. The molecule has 0 aliphatic heterocycles. The zero-order chi connectivity index (χ0) is 18.4. The maximum atomic E-state index is 12.2. The third kappa shape index (κ3) is 4.94. The molecule has 7 nitrogen and oxygen atoms in total. The zero-order valence-electron chi connectivity index (χ0n) is 14.4. The number of hydrogen-bond acceptors (Lipinski definition) is 5. The van der Waals surface area contributed by atoms with Crippen LogP contribution in [0.5, 0.6) is 5.75 Å². The van der Waals surface area contributed by atoms with Crippen LogP contribution in [0.15, 0.2) is 35.7 Å². The van der Waals surface area contributed by atoms with E-state index in [0.29, 0.717) is 23.5 Å².